The molecule has 9 heteroatoms. The van der Waals surface area contributed by atoms with Crippen molar-refractivity contribution in [2.75, 3.05) is 0 Å². The maximum absolute atomic E-state index is 12.8. The summed E-state index contributed by atoms with van der Waals surface area (Å²) < 4.78 is 0. The van der Waals surface area contributed by atoms with E-state index >= 15 is 0 Å². The molecule has 0 unspecified atom stereocenters. The summed E-state index contributed by atoms with van der Waals surface area (Å²) in [6.45, 7) is 7.16. The molecule has 4 saturated carbocycles. The van der Waals surface area contributed by atoms with Crippen LogP contribution in [0, 0.1) is 46.3 Å². The lowest BCUT2D eigenvalue weighted by atomic mass is 9.43. The summed E-state index contributed by atoms with van der Waals surface area (Å²) >= 11 is 12.3. The molecule has 4 aliphatic rings. The van der Waals surface area contributed by atoms with E-state index in [1.807, 2.05) is 0 Å². The number of aliphatic hydroxyl groups is 2. The molecule has 0 spiro atoms. The van der Waals surface area contributed by atoms with Crippen molar-refractivity contribution in [3.63, 3.8) is 0 Å². The highest BCUT2D eigenvalue weighted by Gasteiger charge is 2.62. The summed E-state index contributed by atoms with van der Waals surface area (Å²) in [5.41, 5.74) is 1.04. The zero-order valence-electron chi connectivity index (χ0n) is 24.2. The molecule has 1 amide bonds. The van der Waals surface area contributed by atoms with Crippen molar-refractivity contribution in [2.45, 2.75) is 97.2 Å². The molecule has 7 nitrogen and oxygen atoms in total. The number of carbonyl (C=O) groups excluding carboxylic acids is 1. The number of rotatable bonds is 5. The van der Waals surface area contributed by atoms with Crippen LogP contribution in [0.4, 0.5) is 5.69 Å². The Morgan fingerprint density at radius 3 is 2.59 bits per heavy atom. The van der Waals surface area contributed by atoms with Crippen molar-refractivity contribution in [2.24, 2.45) is 56.6 Å². The van der Waals surface area contributed by atoms with E-state index in [4.69, 9.17) is 23.2 Å². The number of aromatic amines is 1. The fourth-order valence-electron chi connectivity index (χ4n) is 10.2. The summed E-state index contributed by atoms with van der Waals surface area (Å²) in [4.78, 5) is 15.5. The minimum absolute atomic E-state index is 0.156. The molecular formula is C32H43Cl2N3O4. The Kier molecular flexibility index (Phi) is 7.74. The molecule has 4 aliphatic carbocycles. The molecule has 41 heavy (non-hydrogen) atoms. The van der Waals surface area contributed by atoms with Gasteiger partial charge in [0.05, 0.1) is 22.7 Å². The van der Waals surface area contributed by atoms with Gasteiger partial charge in [-0.1, -0.05) is 44.0 Å². The number of hydrogen-bond donors (Lipinski definition) is 4. The summed E-state index contributed by atoms with van der Waals surface area (Å²) in [6, 6.07) is 3.20. The van der Waals surface area contributed by atoms with Gasteiger partial charge < -0.3 is 20.3 Å². The number of benzene rings is 1. The lowest BCUT2D eigenvalue weighted by Crippen LogP contribution is -2.58. The number of fused-ring (bicyclic) bond motifs is 6. The highest BCUT2D eigenvalue weighted by atomic mass is 35.5. The van der Waals surface area contributed by atoms with Gasteiger partial charge in [0.2, 0.25) is 5.88 Å². The Balaban J connectivity index is 1.11. The third-order valence-electron chi connectivity index (χ3n) is 12.3. The van der Waals surface area contributed by atoms with Crippen molar-refractivity contribution < 1.29 is 20.1 Å². The molecular weight excluding hydrogens is 561 g/mol. The number of H-pyrrole nitrogens is 1. The fraction of sp³-hybridized carbons (Fsp3) is 0.719. The summed E-state index contributed by atoms with van der Waals surface area (Å²) in [7, 11) is 0. The van der Waals surface area contributed by atoms with Gasteiger partial charge in [-0.25, -0.2) is 0 Å². The Hall–Kier alpha value is -1.67. The highest BCUT2D eigenvalue weighted by molar-refractivity contribution is 6.38. The van der Waals surface area contributed by atoms with Crippen LogP contribution in [0.5, 0.6) is 5.88 Å². The monoisotopic (exact) mass is 603 g/mol. The quantitative estimate of drug-likeness (QED) is 0.257. The van der Waals surface area contributed by atoms with Gasteiger partial charge in [0, 0.05) is 16.8 Å². The summed E-state index contributed by atoms with van der Waals surface area (Å²) in [6.07, 6.45) is 8.76. The van der Waals surface area contributed by atoms with Gasteiger partial charge >= 0.3 is 0 Å². The zero-order valence-corrected chi connectivity index (χ0v) is 25.8. The minimum Gasteiger partial charge on any atom is -0.493 e. The standard InChI is InChI=1S/C32H43Cl2N3O4/c1-16(4-7-26(40)36-37-29-20-14-18(33)15-24(34)28(20)35-30(29)41)21-5-6-22-27-23(9-11-32(21,22)3)31(2)10-8-19(38)12-17(31)13-25(27)39/h14-17,19,21-23,25,27,35,38-39,41H,4-13H2,1-3H3/t16-,17+,19-,21+,22-,23-,25+,27-,31-,32+/m0/s1. The lowest BCUT2D eigenvalue weighted by molar-refractivity contribution is -0.174. The minimum atomic E-state index is -0.316. The second-order valence-corrected chi connectivity index (χ2v) is 15.0. The van der Waals surface area contributed by atoms with Crippen LogP contribution in [-0.4, -0.2) is 38.4 Å². The van der Waals surface area contributed by atoms with Gasteiger partial charge in [-0.15, -0.1) is 10.2 Å². The van der Waals surface area contributed by atoms with Crippen LogP contribution in [-0.2, 0) is 4.79 Å². The second kappa shape index (κ2) is 10.8. The first-order valence-electron chi connectivity index (χ1n) is 15.4. The SMILES string of the molecule is C[C@@H](CCC(=O)N=Nc1c(O)[nH]c2c(Cl)cc(Cl)cc12)[C@H]1CC[C@H]2[C@@H]3[C@H](O)C[C@H]4C[C@@H](O)CC[C@]4(C)[C@H]3CC[C@]12C. The van der Waals surface area contributed by atoms with Crippen LogP contribution < -0.4 is 0 Å². The molecule has 6 rings (SSSR count). The average Bonchev–Trinajstić information content (AvgIpc) is 3.43. The number of halogens is 2. The molecule has 4 N–H and O–H groups in total. The van der Waals surface area contributed by atoms with Crippen LogP contribution in [0.3, 0.4) is 0 Å². The van der Waals surface area contributed by atoms with Crippen LogP contribution in [0.25, 0.3) is 10.9 Å². The van der Waals surface area contributed by atoms with Gasteiger partial charge in [-0.2, -0.15) is 0 Å². The number of carbonyl (C=O) groups is 1. The van der Waals surface area contributed by atoms with E-state index in [-0.39, 0.29) is 40.5 Å². The summed E-state index contributed by atoms with van der Waals surface area (Å²) in [5, 5.41) is 41.4. The van der Waals surface area contributed by atoms with Crippen LogP contribution in [0.1, 0.15) is 85.0 Å². The first-order chi connectivity index (χ1) is 19.4. The zero-order chi connectivity index (χ0) is 29.3. The molecule has 1 aromatic heterocycles. The number of nitrogens with one attached hydrogen (secondary N) is 1. The maximum atomic E-state index is 12.8. The van der Waals surface area contributed by atoms with E-state index in [0.717, 1.165) is 51.4 Å². The van der Waals surface area contributed by atoms with Gasteiger partial charge in [0.25, 0.3) is 5.91 Å². The topological polar surface area (TPSA) is 118 Å². The Labute approximate surface area is 252 Å². The average molecular weight is 605 g/mol. The molecule has 4 fully saturated rings. The van der Waals surface area contributed by atoms with Gasteiger partial charge in [-0.05, 0) is 116 Å². The van der Waals surface area contributed by atoms with Gasteiger partial charge in [0.15, 0.2) is 5.69 Å². The van der Waals surface area contributed by atoms with Crippen LogP contribution in [0.2, 0.25) is 10.0 Å². The van der Waals surface area contributed by atoms with Crippen molar-refractivity contribution in [1.82, 2.24) is 4.98 Å². The Bertz CT molecular complexity index is 1360. The van der Waals surface area contributed by atoms with E-state index in [1.165, 1.54) is 6.42 Å². The van der Waals surface area contributed by atoms with Crippen molar-refractivity contribution in [1.29, 1.82) is 0 Å². The summed E-state index contributed by atoms with van der Waals surface area (Å²) in [5.74, 6) is 2.13. The van der Waals surface area contributed by atoms with Gasteiger partial charge in [-0.3, -0.25) is 4.79 Å². The largest absolute Gasteiger partial charge is 0.493 e. The second-order valence-electron chi connectivity index (χ2n) is 14.2. The lowest BCUT2D eigenvalue weighted by Gasteiger charge is -2.62. The van der Waals surface area contributed by atoms with E-state index in [9.17, 15) is 20.1 Å². The van der Waals surface area contributed by atoms with Crippen molar-refractivity contribution >= 4 is 45.7 Å². The van der Waals surface area contributed by atoms with Crippen LogP contribution >= 0.6 is 23.2 Å². The Morgan fingerprint density at radius 1 is 1.07 bits per heavy atom. The number of aliphatic hydroxyl groups excluding tert-OH is 2. The van der Waals surface area contributed by atoms with E-state index in [1.54, 1.807) is 12.1 Å². The van der Waals surface area contributed by atoms with Crippen molar-refractivity contribution in [3.8, 4) is 5.88 Å². The van der Waals surface area contributed by atoms with Gasteiger partial charge in [0.1, 0.15) is 0 Å². The molecule has 10 atom stereocenters. The number of hydrogen-bond acceptors (Lipinski definition) is 5. The number of amides is 1. The molecule has 1 aromatic carbocycles. The van der Waals surface area contributed by atoms with Crippen molar-refractivity contribution in [3.05, 3.63) is 22.2 Å². The number of aromatic nitrogens is 1. The van der Waals surface area contributed by atoms with Crippen LogP contribution in [0.15, 0.2) is 22.4 Å². The molecule has 1 heterocycles. The van der Waals surface area contributed by atoms with E-state index < -0.39 is 0 Å². The number of nitrogens with zero attached hydrogens (tertiary/aromatic N) is 2. The maximum Gasteiger partial charge on any atom is 0.264 e. The molecule has 0 bridgehead atoms. The predicted molar refractivity (Wildman–Crippen MR) is 161 cm³/mol. The predicted octanol–water partition coefficient (Wildman–Crippen LogP) is 8.20. The molecule has 0 radical (unpaired) electrons. The first-order valence-corrected chi connectivity index (χ1v) is 16.2. The molecule has 0 aliphatic heterocycles. The normalized spacial score (nSPS) is 39.4. The van der Waals surface area contributed by atoms with E-state index in [2.05, 4.69) is 36.0 Å². The first kappa shape index (κ1) is 29.4. The number of azo groups is 1. The molecule has 2 aromatic rings. The number of aromatic hydroxyl groups is 1. The molecule has 224 valence electrons. The highest BCUT2D eigenvalue weighted by Crippen LogP contribution is 2.68. The Morgan fingerprint density at radius 2 is 1.80 bits per heavy atom. The molecule has 0 saturated heterocycles. The fourth-order valence-corrected chi connectivity index (χ4v) is 10.7. The smallest absolute Gasteiger partial charge is 0.264 e. The third-order valence-corrected chi connectivity index (χ3v) is 12.8. The van der Waals surface area contributed by atoms with E-state index in [0.29, 0.717) is 62.9 Å². The third kappa shape index (κ3) is 4.93.